The number of aryl methyl sites for hydroxylation is 1. The highest BCUT2D eigenvalue weighted by molar-refractivity contribution is 5.76. The minimum absolute atomic E-state index is 0.0595. The molecule has 0 aliphatic rings. The molecule has 1 rings (SSSR count). The van der Waals surface area contributed by atoms with E-state index in [2.05, 4.69) is 21.7 Å². The monoisotopic (exact) mass is 262 g/mol. The van der Waals surface area contributed by atoms with Gasteiger partial charge in [0.2, 0.25) is 5.91 Å². The van der Waals surface area contributed by atoms with Gasteiger partial charge in [0.25, 0.3) is 0 Å². The highest BCUT2D eigenvalue weighted by Crippen LogP contribution is 2.11. The summed E-state index contributed by atoms with van der Waals surface area (Å²) in [7, 11) is 1.58. The molecule has 0 bridgehead atoms. The molecule has 0 spiro atoms. The molecular weight excluding hydrogens is 244 g/mol. The number of carbonyl (C=O) groups excluding carboxylic acids is 1. The molecule has 2 N–H and O–H groups in total. The van der Waals surface area contributed by atoms with Gasteiger partial charge in [-0.05, 0) is 19.1 Å². The lowest BCUT2D eigenvalue weighted by atomic mass is 10.2. The van der Waals surface area contributed by atoms with Crippen LogP contribution in [0.1, 0.15) is 17.7 Å². The Morgan fingerprint density at radius 2 is 2.26 bits per heavy atom. The molecule has 6 heteroatoms. The lowest BCUT2D eigenvalue weighted by Crippen LogP contribution is -2.28. The van der Waals surface area contributed by atoms with Crippen molar-refractivity contribution >= 4 is 11.7 Å². The lowest BCUT2D eigenvalue weighted by Gasteiger charge is -2.08. The number of carbonyl (C=O) groups is 1. The fourth-order valence-electron chi connectivity index (χ4n) is 1.46. The number of hydrogen-bond acceptors (Lipinski definition) is 5. The maximum absolute atomic E-state index is 11.4. The van der Waals surface area contributed by atoms with Crippen molar-refractivity contribution in [2.24, 2.45) is 0 Å². The molecule has 0 saturated carbocycles. The number of rotatable bonds is 7. The highest BCUT2D eigenvalue weighted by Gasteiger charge is 2.05. The maximum atomic E-state index is 11.4. The zero-order chi connectivity index (χ0) is 14.1. The largest absolute Gasteiger partial charge is 0.383 e. The van der Waals surface area contributed by atoms with Crippen LogP contribution in [-0.4, -0.2) is 37.7 Å². The van der Waals surface area contributed by atoms with Gasteiger partial charge in [-0.15, -0.1) is 0 Å². The molecule has 0 radical (unpaired) electrons. The summed E-state index contributed by atoms with van der Waals surface area (Å²) in [4.78, 5) is 15.7. The van der Waals surface area contributed by atoms with Crippen molar-refractivity contribution in [3.05, 3.63) is 23.4 Å². The summed E-state index contributed by atoms with van der Waals surface area (Å²) < 4.78 is 4.83. The first-order chi connectivity index (χ1) is 9.17. The standard InChI is InChI=1S/C13H18N4O2/c1-10-3-4-11(9-14)13(17-10)16-6-5-12(18)15-7-8-19-2/h3-4H,5-8H2,1-2H3,(H,15,18)(H,16,17). The van der Waals surface area contributed by atoms with E-state index in [1.807, 2.05) is 6.92 Å². The normalized spacial score (nSPS) is 9.74. The third-order valence-corrected chi connectivity index (χ3v) is 2.43. The van der Waals surface area contributed by atoms with E-state index in [4.69, 9.17) is 10.00 Å². The van der Waals surface area contributed by atoms with Crippen molar-refractivity contribution < 1.29 is 9.53 Å². The van der Waals surface area contributed by atoms with E-state index in [-0.39, 0.29) is 5.91 Å². The highest BCUT2D eigenvalue weighted by atomic mass is 16.5. The van der Waals surface area contributed by atoms with Crippen LogP contribution in [0.15, 0.2) is 12.1 Å². The van der Waals surface area contributed by atoms with E-state index < -0.39 is 0 Å². The number of pyridine rings is 1. The average molecular weight is 262 g/mol. The molecule has 0 saturated heterocycles. The first-order valence-corrected chi connectivity index (χ1v) is 6.04. The summed E-state index contributed by atoms with van der Waals surface area (Å²) in [5.41, 5.74) is 1.30. The molecule has 6 nitrogen and oxygen atoms in total. The van der Waals surface area contributed by atoms with Crippen LogP contribution < -0.4 is 10.6 Å². The van der Waals surface area contributed by atoms with Gasteiger partial charge in [0.1, 0.15) is 11.9 Å². The van der Waals surface area contributed by atoms with Crippen LogP contribution in [0.25, 0.3) is 0 Å². The van der Waals surface area contributed by atoms with Gasteiger partial charge in [-0.25, -0.2) is 4.98 Å². The van der Waals surface area contributed by atoms with Gasteiger partial charge in [0.15, 0.2) is 0 Å². The molecule has 1 aromatic rings. The minimum atomic E-state index is -0.0595. The van der Waals surface area contributed by atoms with E-state index in [1.54, 1.807) is 19.2 Å². The second kappa shape index (κ2) is 8.06. The lowest BCUT2D eigenvalue weighted by molar-refractivity contribution is -0.121. The number of nitriles is 1. The second-order valence-electron chi connectivity index (χ2n) is 3.98. The molecular formula is C13H18N4O2. The Bertz CT molecular complexity index is 468. The van der Waals surface area contributed by atoms with Crippen LogP contribution in [-0.2, 0) is 9.53 Å². The van der Waals surface area contributed by atoms with Crippen molar-refractivity contribution in [2.45, 2.75) is 13.3 Å². The van der Waals surface area contributed by atoms with Gasteiger partial charge in [0, 0.05) is 32.3 Å². The fraction of sp³-hybridized carbons (Fsp3) is 0.462. The number of ether oxygens (including phenoxy) is 1. The Balaban J connectivity index is 2.39. The van der Waals surface area contributed by atoms with Crippen LogP contribution in [0.4, 0.5) is 5.82 Å². The van der Waals surface area contributed by atoms with Crippen molar-refractivity contribution in [3.8, 4) is 6.07 Å². The van der Waals surface area contributed by atoms with Crippen LogP contribution >= 0.6 is 0 Å². The van der Waals surface area contributed by atoms with Crippen molar-refractivity contribution in [2.75, 3.05) is 32.1 Å². The summed E-state index contributed by atoms with van der Waals surface area (Å²) in [6.07, 6.45) is 0.324. The minimum Gasteiger partial charge on any atom is -0.383 e. The van der Waals surface area contributed by atoms with Crippen LogP contribution in [0.3, 0.4) is 0 Å². The zero-order valence-corrected chi connectivity index (χ0v) is 11.2. The van der Waals surface area contributed by atoms with Gasteiger partial charge in [-0.1, -0.05) is 0 Å². The van der Waals surface area contributed by atoms with Crippen LogP contribution in [0, 0.1) is 18.3 Å². The predicted molar refractivity (Wildman–Crippen MR) is 71.7 cm³/mol. The summed E-state index contributed by atoms with van der Waals surface area (Å²) in [5, 5.41) is 14.7. The molecule has 1 aromatic heterocycles. The quantitative estimate of drug-likeness (QED) is 0.711. The van der Waals surface area contributed by atoms with E-state index in [9.17, 15) is 4.79 Å². The van der Waals surface area contributed by atoms with Crippen molar-refractivity contribution in [1.82, 2.24) is 10.3 Å². The average Bonchev–Trinajstić information content (AvgIpc) is 2.39. The van der Waals surface area contributed by atoms with E-state index in [0.29, 0.717) is 37.5 Å². The summed E-state index contributed by atoms with van der Waals surface area (Å²) in [6.45, 7) is 3.28. The molecule has 19 heavy (non-hydrogen) atoms. The van der Waals surface area contributed by atoms with Gasteiger partial charge >= 0.3 is 0 Å². The Hall–Kier alpha value is -2.13. The third-order valence-electron chi connectivity index (χ3n) is 2.43. The Morgan fingerprint density at radius 3 is 2.95 bits per heavy atom. The summed E-state index contributed by atoms with van der Waals surface area (Å²) in [5.74, 6) is 0.461. The number of anilines is 1. The Labute approximate surface area is 112 Å². The molecule has 1 heterocycles. The van der Waals surface area contributed by atoms with Gasteiger partial charge in [-0.3, -0.25) is 4.79 Å². The molecule has 0 aromatic carbocycles. The SMILES string of the molecule is COCCNC(=O)CCNc1nc(C)ccc1C#N. The number of nitrogens with one attached hydrogen (secondary N) is 2. The van der Waals surface area contributed by atoms with Gasteiger partial charge in [-0.2, -0.15) is 5.26 Å². The number of hydrogen-bond donors (Lipinski definition) is 2. The predicted octanol–water partition coefficient (Wildman–Crippen LogP) is 0.826. The third kappa shape index (κ3) is 5.36. The second-order valence-corrected chi connectivity index (χ2v) is 3.98. The van der Waals surface area contributed by atoms with Crippen LogP contribution in [0.5, 0.6) is 0 Å². The topological polar surface area (TPSA) is 87.0 Å². The first kappa shape index (κ1) is 14.9. The smallest absolute Gasteiger partial charge is 0.221 e. The molecule has 1 amide bonds. The van der Waals surface area contributed by atoms with E-state index >= 15 is 0 Å². The zero-order valence-electron chi connectivity index (χ0n) is 11.2. The number of amides is 1. The van der Waals surface area contributed by atoms with Crippen molar-refractivity contribution in [1.29, 1.82) is 5.26 Å². The number of nitrogens with zero attached hydrogens (tertiary/aromatic N) is 2. The molecule has 0 atom stereocenters. The number of methoxy groups -OCH3 is 1. The fourth-order valence-corrected chi connectivity index (χ4v) is 1.46. The first-order valence-electron chi connectivity index (χ1n) is 6.04. The molecule has 0 aliphatic heterocycles. The van der Waals surface area contributed by atoms with E-state index in [0.717, 1.165) is 5.69 Å². The molecule has 102 valence electrons. The van der Waals surface area contributed by atoms with E-state index in [1.165, 1.54) is 0 Å². The Morgan fingerprint density at radius 1 is 1.47 bits per heavy atom. The van der Waals surface area contributed by atoms with Crippen molar-refractivity contribution in [3.63, 3.8) is 0 Å². The Kier molecular flexibility index (Phi) is 6.33. The molecule has 0 aliphatic carbocycles. The molecule has 0 unspecified atom stereocenters. The van der Waals surface area contributed by atoms with Gasteiger partial charge in [0.05, 0.1) is 12.2 Å². The van der Waals surface area contributed by atoms with Gasteiger partial charge < -0.3 is 15.4 Å². The summed E-state index contributed by atoms with van der Waals surface area (Å²) in [6, 6.07) is 5.55. The summed E-state index contributed by atoms with van der Waals surface area (Å²) >= 11 is 0. The maximum Gasteiger partial charge on any atom is 0.221 e. The molecule has 0 fully saturated rings. The number of aromatic nitrogens is 1. The van der Waals surface area contributed by atoms with Crippen LogP contribution in [0.2, 0.25) is 0 Å².